The Labute approximate surface area is 228 Å². The first-order chi connectivity index (χ1) is 17.7. The van der Waals surface area contributed by atoms with Crippen LogP contribution in [0.1, 0.15) is 137 Å². The average molecular weight is 512 g/mol. The van der Waals surface area contributed by atoms with Crippen molar-refractivity contribution in [2.24, 2.45) is 46.3 Å². The van der Waals surface area contributed by atoms with Crippen molar-refractivity contribution in [3.8, 4) is 0 Å². The Hall–Kier alpha value is -0.990. The summed E-state index contributed by atoms with van der Waals surface area (Å²) >= 11 is 0. The van der Waals surface area contributed by atoms with Crippen molar-refractivity contribution in [2.75, 3.05) is 0 Å². The molecule has 0 aliphatic heterocycles. The van der Waals surface area contributed by atoms with Gasteiger partial charge >= 0.3 is 6.09 Å². The molecule has 0 unspecified atom stereocenters. The Balaban J connectivity index is 1.20. The second kappa shape index (κ2) is 11.2. The molecule has 0 aromatic carbocycles. The third kappa shape index (κ3) is 5.54. The second-order valence-corrected chi connectivity index (χ2v) is 15.0. The van der Waals surface area contributed by atoms with Crippen LogP contribution in [0.5, 0.6) is 0 Å². The Morgan fingerprint density at radius 3 is 2.51 bits per heavy atom. The molecule has 0 aromatic rings. The Bertz CT molecular complexity index is 828. The number of ether oxygens (including phenoxy) is 1. The number of allylic oxidation sites excluding steroid dienone is 1. The number of fused-ring (bicyclic) bond motifs is 5. The minimum atomic E-state index is -0.164. The third-order valence-electron chi connectivity index (χ3n) is 12.5. The average Bonchev–Trinajstić information content (AvgIpc) is 3.22. The molecule has 4 fully saturated rings. The van der Waals surface area contributed by atoms with E-state index in [1.807, 2.05) is 0 Å². The van der Waals surface area contributed by atoms with Crippen LogP contribution in [0.3, 0.4) is 0 Å². The molecule has 0 spiro atoms. The molecule has 0 saturated heterocycles. The summed E-state index contributed by atoms with van der Waals surface area (Å²) in [5.41, 5.74) is 2.50. The smallest absolute Gasteiger partial charge is 0.407 e. The fourth-order valence-electron chi connectivity index (χ4n) is 10.4. The van der Waals surface area contributed by atoms with Gasteiger partial charge in [-0.2, -0.15) is 0 Å². The van der Waals surface area contributed by atoms with Crippen LogP contribution in [0.15, 0.2) is 11.6 Å². The topological polar surface area (TPSA) is 38.3 Å². The first-order valence-corrected chi connectivity index (χ1v) is 16.4. The van der Waals surface area contributed by atoms with Crippen molar-refractivity contribution in [3.63, 3.8) is 0 Å². The van der Waals surface area contributed by atoms with Gasteiger partial charge in [0.15, 0.2) is 0 Å². The van der Waals surface area contributed by atoms with Crippen LogP contribution in [0, 0.1) is 46.3 Å². The highest BCUT2D eigenvalue weighted by Crippen LogP contribution is 2.67. The zero-order valence-electron chi connectivity index (χ0n) is 24.8. The van der Waals surface area contributed by atoms with Crippen molar-refractivity contribution >= 4 is 6.09 Å². The lowest BCUT2D eigenvalue weighted by Gasteiger charge is -2.58. The first kappa shape index (κ1) is 27.6. The van der Waals surface area contributed by atoms with Gasteiger partial charge in [-0.15, -0.1) is 0 Å². The fraction of sp³-hybridized carbons (Fsp3) is 0.912. The summed E-state index contributed by atoms with van der Waals surface area (Å²) < 4.78 is 6.01. The Morgan fingerprint density at radius 1 is 0.973 bits per heavy atom. The maximum atomic E-state index is 12.6. The van der Waals surface area contributed by atoms with Crippen LogP contribution in [0.4, 0.5) is 4.79 Å². The summed E-state index contributed by atoms with van der Waals surface area (Å²) in [6.45, 7) is 12.6. The first-order valence-electron chi connectivity index (χ1n) is 16.4. The SMILES string of the molecule is CC(C)CCC[C@H](C)[C@@H]1CC[C@@H]2[C@H]3CC=C4C[C@@H](OC(=O)NC5CCCCC5)CC[C@]4(C)[C@@H]3CC[C@@]21C. The molecule has 1 N–H and O–H groups in total. The summed E-state index contributed by atoms with van der Waals surface area (Å²) in [6, 6.07) is 0.328. The summed E-state index contributed by atoms with van der Waals surface area (Å²) in [4.78, 5) is 12.6. The number of rotatable bonds is 7. The van der Waals surface area contributed by atoms with Gasteiger partial charge in [-0.1, -0.05) is 84.8 Å². The van der Waals surface area contributed by atoms with Crippen molar-refractivity contribution in [3.05, 3.63) is 11.6 Å². The molecule has 0 heterocycles. The van der Waals surface area contributed by atoms with Crippen LogP contribution in [-0.2, 0) is 4.74 Å². The number of hydrogen-bond acceptors (Lipinski definition) is 2. The van der Waals surface area contributed by atoms with Gasteiger partial charge in [-0.05, 0) is 104 Å². The summed E-state index contributed by atoms with van der Waals surface area (Å²) in [5, 5.41) is 3.17. The fourth-order valence-corrected chi connectivity index (χ4v) is 10.4. The van der Waals surface area contributed by atoms with Crippen LogP contribution < -0.4 is 5.32 Å². The summed E-state index contributed by atoms with van der Waals surface area (Å²) in [6.07, 6.45) is 23.0. The molecule has 0 bridgehead atoms. The normalized spacial score (nSPS) is 40.8. The number of carbonyl (C=O) groups is 1. The predicted octanol–water partition coefficient (Wildman–Crippen LogP) is 9.46. The molecular formula is C34H57NO2. The summed E-state index contributed by atoms with van der Waals surface area (Å²) in [7, 11) is 0. The van der Waals surface area contributed by atoms with E-state index in [9.17, 15) is 4.79 Å². The van der Waals surface area contributed by atoms with E-state index < -0.39 is 0 Å². The minimum absolute atomic E-state index is 0.0656. The predicted molar refractivity (Wildman–Crippen MR) is 153 cm³/mol. The molecule has 3 heteroatoms. The third-order valence-corrected chi connectivity index (χ3v) is 12.5. The van der Waals surface area contributed by atoms with E-state index in [1.165, 1.54) is 77.0 Å². The largest absolute Gasteiger partial charge is 0.446 e. The molecule has 0 radical (unpaired) electrons. The molecule has 210 valence electrons. The zero-order valence-corrected chi connectivity index (χ0v) is 24.8. The molecule has 0 aromatic heterocycles. The maximum Gasteiger partial charge on any atom is 0.407 e. The van der Waals surface area contributed by atoms with E-state index in [2.05, 4.69) is 46.0 Å². The monoisotopic (exact) mass is 511 g/mol. The van der Waals surface area contributed by atoms with Gasteiger partial charge in [-0.25, -0.2) is 4.79 Å². The Kier molecular flexibility index (Phi) is 8.38. The molecule has 1 amide bonds. The van der Waals surface area contributed by atoms with Crippen LogP contribution in [0.2, 0.25) is 0 Å². The van der Waals surface area contributed by atoms with E-state index in [0.717, 1.165) is 61.2 Å². The maximum absolute atomic E-state index is 12.6. The quantitative estimate of drug-likeness (QED) is 0.346. The molecule has 5 aliphatic rings. The number of nitrogens with one attached hydrogen (secondary N) is 1. The van der Waals surface area contributed by atoms with Gasteiger partial charge in [0.25, 0.3) is 0 Å². The van der Waals surface area contributed by atoms with E-state index >= 15 is 0 Å². The highest BCUT2D eigenvalue weighted by atomic mass is 16.6. The van der Waals surface area contributed by atoms with Gasteiger partial charge in [-0.3, -0.25) is 0 Å². The molecule has 5 rings (SSSR count). The molecule has 5 aliphatic carbocycles. The summed E-state index contributed by atoms with van der Waals surface area (Å²) in [5.74, 6) is 5.25. The number of amides is 1. The lowest BCUT2D eigenvalue weighted by molar-refractivity contribution is -0.0582. The highest BCUT2D eigenvalue weighted by molar-refractivity contribution is 5.67. The molecule has 8 atom stereocenters. The van der Waals surface area contributed by atoms with Gasteiger partial charge in [0, 0.05) is 12.5 Å². The second-order valence-electron chi connectivity index (χ2n) is 15.0. The van der Waals surface area contributed by atoms with Gasteiger partial charge in [0.2, 0.25) is 0 Å². The van der Waals surface area contributed by atoms with Gasteiger partial charge in [0.1, 0.15) is 6.10 Å². The standard InChI is InChI=1S/C34H57NO2/c1-23(2)10-9-11-24(3)29-16-17-30-28-15-14-25-22-27(37-32(36)35-26-12-7-6-8-13-26)18-20-33(25,4)31(28)19-21-34(29,30)5/h14,23-24,26-31H,6-13,15-22H2,1-5H3,(H,35,36)/t24-,27-,28+,29-,30+,31+,33-,34+/m0/s1. The van der Waals surface area contributed by atoms with Crippen molar-refractivity contribution in [1.29, 1.82) is 0 Å². The van der Waals surface area contributed by atoms with Crippen molar-refractivity contribution in [1.82, 2.24) is 5.32 Å². The van der Waals surface area contributed by atoms with Crippen LogP contribution >= 0.6 is 0 Å². The molecular weight excluding hydrogens is 454 g/mol. The highest BCUT2D eigenvalue weighted by Gasteiger charge is 2.59. The van der Waals surface area contributed by atoms with Crippen LogP contribution in [0.25, 0.3) is 0 Å². The van der Waals surface area contributed by atoms with E-state index in [-0.39, 0.29) is 12.2 Å². The minimum Gasteiger partial charge on any atom is -0.446 e. The number of hydrogen-bond donors (Lipinski definition) is 1. The van der Waals surface area contributed by atoms with Gasteiger partial charge in [0.05, 0.1) is 0 Å². The number of carbonyl (C=O) groups excluding carboxylic acids is 1. The molecule has 4 saturated carbocycles. The van der Waals surface area contributed by atoms with Gasteiger partial charge < -0.3 is 10.1 Å². The van der Waals surface area contributed by atoms with E-state index in [1.54, 1.807) is 5.57 Å². The lowest BCUT2D eigenvalue weighted by atomic mass is 9.47. The van der Waals surface area contributed by atoms with E-state index in [4.69, 9.17) is 4.74 Å². The zero-order chi connectivity index (χ0) is 26.2. The lowest BCUT2D eigenvalue weighted by Crippen LogP contribution is -2.51. The molecule has 37 heavy (non-hydrogen) atoms. The number of alkyl carbamates (subject to hydrolysis) is 1. The van der Waals surface area contributed by atoms with Crippen molar-refractivity contribution < 1.29 is 9.53 Å². The van der Waals surface area contributed by atoms with Crippen LogP contribution in [-0.4, -0.2) is 18.2 Å². The molecule has 3 nitrogen and oxygen atoms in total. The van der Waals surface area contributed by atoms with E-state index in [0.29, 0.717) is 16.9 Å². The Morgan fingerprint density at radius 2 is 1.76 bits per heavy atom. The van der Waals surface area contributed by atoms with Crippen molar-refractivity contribution in [2.45, 2.75) is 149 Å².